The van der Waals surface area contributed by atoms with Gasteiger partial charge in [0.05, 0.1) is 6.42 Å². The molecule has 2 heterocycles. The van der Waals surface area contributed by atoms with Crippen LogP contribution in [0.2, 0.25) is 0 Å². The molecule has 2 aliphatic rings. The molecule has 0 aliphatic carbocycles. The second-order valence-corrected chi connectivity index (χ2v) is 5.22. The van der Waals surface area contributed by atoms with Crippen molar-refractivity contribution in [3.63, 3.8) is 0 Å². The minimum Gasteiger partial charge on any atom is -0.481 e. The quantitative estimate of drug-likeness (QED) is 0.779. The highest BCUT2D eigenvalue weighted by molar-refractivity contribution is 5.75. The van der Waals surface area contributed by atoms with E-state index in [1.807, 2.05) is 0 Å². The number of hydrogen-bond donors (Lipinski definition) is 1. The van der Waals surface area contributed by atoms with Gasteiger partial charge < -0.3 is 14.7 Å². The zero-order valence-corrected chi connectivity index (χ0v) is 10.1. The average molecular weight is 241 g/mol. The maximum atomic E-state index is 11.6. The van der Waals surface area contributed by atoms with Crippen LogP contribution in [0.25, 0.3) is 0 Å². The van der Waals surface area contributed by atoms with Gasteiger partial charge in [0, 0.05) is 32.7 Å². The first-order chi connectivity index (χ1) is 8.02. The van der Waals surface area contributed by atoms with Crippen LogP contribution in [0.15, 0.2) is 0 Å². The maximum Gasteiger partial charge on any atom is 0.305 e. The minimum absolute atomic E-state index is 0.0142. The summed E-state index contributed by atoms with van der Waals surface area (Å²) in [6.45, 7) is 3.67. The molecule has 0 saturated carbocycles. The number of carboxylic acids is 1. The number of rotatable bonds is 2. The molecule has 0 aromatic heterocycles. The van der Waals surface area contributed by atoms with Crippen LogP contribution < -0.4 is 0 Å². The van der Waals surface area contributed by atoms with Crippen LogP contribution >= 0.6 is 0 Å². The van der Waals surface area contributed by atoms with Crippen molar-refractivity contribution < 1.29 is 19.4 Å². The molecular formula is C12H19NO4. The Balaban J connectivity index is 2.10. The molecule has 0 aromatic rings. The van der Waals surface area contributed by atoms with E-state index in [-0.39, 0.29) is 23.8 Å². The van der Waals surface area contributed by atoms with Crippen molar-refractivity contribution in [3.8, 4) is 0 Å². The Morgan fingerprint density at radius 1 is 1.41 bits per heavy atom. The van der Waals surface area contributed by atoms with Gasteiger partial charge in [-0.2, -0.15) is 0 Å². The Kier molecular flexibility index (Phi) is 3.38. The predicted octanol–water partition coefficient (Wildman–Crippen LogP) is 0.879. The standard InChI is InChI=1S/C12H19NO4/c1-9(14)13-8-12(2-4-17-5-3-12)7-10(13)6-11(15)16/h10H,2-8H2,1H3,(H,15,16). The normalized spacial score (nSPS) is 27.4. The van der Waals surface area contributed by atoms with E-state index < -0.39 is 5.97 Å². The first-order valence-electron chi connectivity index (χ1n) is 6.09. The van der Waals surface area contributed by atoms with Crippen molar-refractivity contribution in [3.05, 3.63) is 0 Å². The van der Waals surface area contributed by atoms with Gasteiger partial charge in [0.1, 0.15) is 0 Å². The molecule has 1 amide bonds. The summed E-state index contributed by atoms with van der Waals surface area (Å²) in [5.74, 6) is -0.843. The van der Waals surface area contributed by atoms with E-state index in [1.165, 1.54) is 6.92 Å². The Morgan fingerprint density at radius 3 is 2.59 bits per heavy atom. The molecule has 1 atom stereocenters. The van der Waals surface area contributed by atoms with E-state index in [9.17, 15) is 9.59 Å². The second kappa shape index (κ2) is 4.64. The van der Waals surface area contributed by atoms with Crippen LogP contribution in [-0.4, -0.2) is 47.7 Å². The summed E-state index contributed by atoms with van der Waals surface area (Å²) in [5.41, 5.74) is 0.101. The topological polar surface area (TPSA) is 66.8 Å². The summed E-state index contributed by atoms with van der Waals surface area (Å²) in [6.07, 6.45) is 2.74. The molecule has 1 N–H and O–H groups in total. The molecule has 5 nitrogen and oxygen atoms in total. The van der Waals surface area contributed by atoms with Gasteiger partial charge in [-0.1, -0.05) is 0 Å². The van der Waals surface area contributed by atoms with Crippen molar-refractivity contribution in [1.29, 1.82) is 0 Å². The lowest BCUT2D eigenvalue weighted by molar-refractivity contribution is -0.139. The van der Waals surface area contributed by atoms with E-state index in [0.717, 1.165) is 32.5 Å². The molecule has 2 rings (SSSR count). The highest BCUT2D eigenvalue weighted by Gasteiger charge is 2.46. The van der Waals surface area contributed by atoms with Gasteiger partial charge in [0.2, 0.25) is 5.91 Å². The predicted molar refractivity (Wildman–Crippen MR) is 60.5 cm³/mol. The summed E-state index contributed by atoms with van der Waals surface area (Å²) in [4.78, 5) is 24.1. The minimum atomic E-state index is -0.828. The fourth-order valence-corrected chi connectivity index (χ4v) is 3.08. The summed E-state index contributed by atoms with van der Waals surface area (Å²) in [5, 5.41) is 8.90. The lowest BCUT2D eigenvalue weighted by Crippen LogP contribution is -2.37. The second-order valence-electron chi connectivity index (χ2n) is 5.22. The zero-order chi connectivity index (χ0) is 12.5. The van der Waals surface area contributed by atoms with E-state index in [1.54, 1.807) is 4.90 Å². The van der Waals surface area contributed by atoms with Crippen LogP contribution in [0, 0.1) is 5.41 Å². The molecule has 5 heteroatoms. The molecule has 1 spiro atoms. The number of nitrogens with zero attached hydrogens (tertiary/aromatic N) is 1. The number of ether oxygens (including phenoxy) is 1. The molecular weight excluding hydrogens is 222 g/mol. The number of carbonyl (C=O) groups excluding carboxylic acids is 1. The van der Waals surface area contributed by atoms with Crippen molar-refractivity contribution in [2.24, 2.45) is 5.41 Å². The van der Waals surface area contributed by atoms with Gasteiger partial charge in [-0.15, -0.1) is 0 Å². The first kappa shape index (κ1) is 12.4. The highest BCUT2D eigenvalue weighted by atomic mass is 16.5. The summed E-state index contributed by atoms with van der Waals surface area (Å²) < 4.78 is 5.35. The average Bonchev–Trinajstić information content (AvgIpc) is 2.57. The summed E-state index contributed by atoms with van der Waals surface area (Å²) >= 11 is 0. The van der Waals surface area contributed by atoms with Crippen LogP contribution in [0.1, 0.15) is 32.6 Å². The van der Waals surface area contributed by atoms with Gasteiger partial charge in [0.25, 0.3) is 0 Å². The molecule has 2 saturated heterocycles. The fraction of sp³-hybridized carbons (Fsp3) is 0.833. The number of aliphatic carboxylic acids is 1. The fourth-order valence-electron chi connectivity index (χ4n) is 3.08. The van der Waals surface area contributed by atoms with E-state index >= 15 is 0 Å². The smallest absolute Gasteiger partial charge is 0.305 e. The zero-order valence-electron chi connectivity index (χ0n) is 10.1. The number of amides is 1. The Labute approximate surface area is 101 Å². The lowest BCUT2D eigenvalue weighted by Gasteiger charge is -2.32. The number of likely N-dealkylation sites (tertiary alicyclic amines) is 1. The third-order valence-corrected chi connectivity index (χ3v) is 3.98. The van der Waals surface area contributed by atoms with Crippen molar-refractivity contribution >= 4 is 11.9 Å². The summed E-state index contributed by atoms with van der Waals surface area (Å²) in [7, 11) is 0. The Hall–Kier alpha value is -1.10. The largest absolute Gasteiger partial charge is 0.481 e. The molecule has 96 valence electrons. The number of hydrogen-bond acceptors (Lipinski definition) is 3. The third-order valence-electron chi connectivity index (χ3n) is 3.98. The monoisotopic (exact) mass is 241 g/mol. The highest BCUT2D eigenvalue weighted by Crippen LogP contribution is 2.43. The Bertz CT molecular complexity index is 322. The molecule has 0 aromatic carbocycles. The molecule has 0 radical (unpaired) electrons. The first-order valence-corrected chi connectivity index (χ1v) is 6.09. The van der Waals surface area contributed by atoms with Crippen molar-refractivity contribution in [2.45, 2.75) is 38.6 Å². The molecule has 17 heavy (non-hydrogen) atoms. The van der Waals surface area contributed by atoms with Crippen LogP contribution in [0.4, 0.5) is 0 Å². The van der Waals surface area contributed by atoms with Crippen LogP contribution in [0.3, 0.4) is 0 Å². The number of carbonyl (C=O) groups is 2. The molecule has 0 bridgehead atoms. The van der Waals surface area contributed by atoms with Gasteiger partial charge in [-0.3, -0.25) is 9.59 Å². The maximum absolute atomic E-state index is 11.6. The molecule has 1 unspecified atom stereocenters. The van der Waals surface area contributed by atoms with Gasteiger partial charge in [-0.05, 0) is 24.7 Å². The summed E-state index contributed by atoms with van der Waals surface area (Å²) in [6, 6.07) is -0.136. The Morgan fingerprint density at radius 2 is 2.06 bits per heavy atom. The van der Waals surface area contributed by atoms with Crippen LogP contribution in [-0.2, 0) is 14.3 Å². The van der Waals surface area contributed by atoms with Crippen molar-refractivity contribution in [2.75, 3.05) is 19.8 Å². The van der Waals surface area contributed by atoms with E-state index in [2.05, 4.69) is 0 Å². The van der Waals surface area contributed by atoms with Gasteiger partial charge in [0.15, 0.2) is 0 Å². The molecule has 2 aliphatic heterocycles. The lowest BCUT2D eigenvalue weighted by atomic mass is 9.78. The third kappa shape index (κ3) is 2.60. The van der Waals surface area contributed by atoms with Gasteiger partial charge >= 0.3 is 5.97 Å². The SMILES string of the molecule is CC(=O)N1CC2(CCOCC2)CC1CC(=O)O. The molecule has 2 fully saturated rings. The number of carboxylic acid groups (broad SMARTS) is 1. The van der Waals surface area contributed by atoms with E-state index in [0.29, 0.717) is 6.54 Å². The van der Waals surface area contributed by atoms with Gasteiger partial charge in [-0.25, -0.2) is 0 Å². The van der Waals surface area contributed by atoms with Crippen molar-refractivity contribution in [1.82, 2.24) is 4.90 Å². The van der Waals surface area contributed by atoms with Crippen LogP contribution in [0.5, 0.6) is 0 Å². The van der Waals surface area contributed by atoms with E-state index in [4.69, 9.17) is 9.84 Å².